The number of fused-ring (bicyclic) bond motifs is 1. The molecule has 15 heavy (non-hydrogen) atoms. The van der Waals surface area contributed by atoms with Gasteiger partial charge in [-0.3, -0.25) is 0 Å². The van der Waals surface area contributed by atoms with Crippen LogP contribution in [-0.2, 0) is 11.2 Å². The standard InChI is InChI=1S/C12H12O2S/c1-3-8-4-5-9-7(2)11(15)12(13)14-10(9)6-8/h4-7H,3H2,1-2H3. The van der Waals surface area contributed by atoms with Crippen LogP contribution in [-0.4, -0.2) is 10.8 Å². The summed E-state index contributed by atoms with van der Waals surface area (Å²) >= 11 is 5.01. The normalized spacial score (nSPS) is 19.7. The first-order valence-electron chi connectivity index (χ1n) is 5.02. The molecular weight excluding hydrogens is 208 g/mol. The van der Waals surface area contributed by atoms with Gasteiger partial charge in [-0.1, -0.05) is 38.2 Å². The summed E-state index contributed by atoms with van der Waals surface area (Å²) < 4.78 is 5.18. The zero-order valence-corrected chi connectivity index (χ0v) is 9.56. The molecule has 0 saturated heterocycles. The lowest BCUT2D eigenvalue weighted by Crippen LogP contribution is -2.29. The van der Waals surface area contributed by atoms with E-state index in [-0.39, 0.29) is 11.9 Å². The lowest BCUT2D eigenvalue weighted by Gasteiger charge is -2.22. The second kappa shape index (κ2) is 3.74. The zero-order valence-electron chi connectivity index (χ0n) is 8.74. The van der Waals surface area contributed by atoms with Gasteiger partial charge in [-0.15, -0.1) is 0 Å². The van der Waals surface area contributed by atoms with Crippen molar-refractivity contribution in [2.75, 3.05) is 0 Å². The first-order valence-corrected chi connectivity index (χ1v) is 5.43. The molecule has 0 aliphatic carbocycles. The number of esters is 1. The number of benzene rings is 1. The van der Waals surface area contributed by atoms with Crippen LogP contribution < -0.4 is 4.74 Å². The molecule has 0 saturated carbocycles. The Labute approximate surface area is 94.2 Å². The summed E-state index contributed by atoms with van der Waals surface area (Å²) in [6, 6.07) is 5.97. The van der Waals surface area contributed by atoms with Crippen LogP contribution in [0.15, 0.2) is 18.2 Å². The van der Waals surface area contributed by atoms with Crippen molar-refractivity contribution in [2.24, 2.45) is 0 Å². The minimum absolute atomic E-state index is 0.0119. The summed E-state index contributed by atoms with van der Waals surface area (Å²) in [5.74, 6) is 0.279. The van der Waals surface area contributed by atoms with Crippen molar-refractivity contribution >= 4 is 23.1 Å². The number of carbonyl (C=O) groups excluding carboxylic acids is 1. The van der Waals surface area contributed by atoms with Gasteiger partial charge in [0, 0.05) is 11.5 Å². The van der Waals surface area contributed by atoms with Crippen molar-refractivity contribution < 1.29 is 9.53 Å². The summed E-state index contributed by atoms with van der Waals surface area (Å²) in [7, 11) is 0. The highest BCUT2D eigenvalue weighted by Crippen LogP contribution is 2.33. The van der Waals surface area contributed by atoms with Gasteiger partial charge in [-0.05, 0) is 18.1 Å². The van der Waals surface area contributed by atoms with E-state index >= 15 is 0 Å². The largest absolute Gasteiger partial charge is 0.422 e. The fourth-order valence-electron chi connectivity index (χ4n) is 1.71. The van der Waals surface area contributed by atoms with E-state index < -0.39 is 0 Å². The number of hydrogen-bond donors (Lipinski definition) is 0. The van der Waals surface area contributed by atoms with Crippen LogP contribution in [0.2, 0.25) is 0 Å². The molecule has 1 unspecified atom stereocenters. The van der Waals surface area contributed by atoms with Gasteiger partial charge >= 0.3 is 5.97 Å². The van der Waals surface area contributed by atoms with E-state index in [1.807, 2.05) is 19.1 Å². The smallest absolute Gasteiger partial charge is 0.351 e. The van der Waals surface area contributed by atoms with E-state index in [2.05, 4.69) is 13.0 Å². The molecule has 0 radical (unpaired) electrons. The summed E-state index contributed by atoms with van der Waals surface area (Å²) in [6.45, 7) is 4.01. The van der Waals surface area contributed by atoms with Gasteiger partial charge < -0.3 is 4.74 Å². The molecular formula is C12H12O2S. The molecule has 0 spiro atoms. The van der Waals surface area contributed by atoms with Crippen LogP contribution in [0.4, 0.5) is 0 Å². The van der Waals surface area contributed by atoms with E-state index in [0.29, 0.717) is 10.6 Å². The second-order valence-electron chi connectivity index (χ2n) is 3.70. The first kappa shape index (κ1) is 10.3. The molecule has 1 aromatic rings. The number of aryl methyl sites for hydroxylation is 1. The highest BCUT2D eigenvalue weighted by molar-refractivity contribution is 7.82. The summed E-state index contributed by atoms with van der Waals surface area (Å²) in [4.78, 5) is 11.8. The number of thiocarbonyl (C=S) groups is 1. The van der Waals surface area contributed by atoms with Gasteiger partial charge in [0.1, 0.15) is 10.6 Å². The van der Waals surface area contributed by atoms with E-state index in [9.17, 15) is 4.79 Å². The van der Waals surface area contributed by atoms with Gasteiger partial charge in [0.2, 0.25) is 0 Å². The van der Waals surface area contributed by atoms with Crippen LogP contribution in [0.5, 0.6) is 5.75 Å². The van der Waals surface area contributed by atoms with E-state index in [4.69, 9.17) is 17.0 Å². The SMILES string of the molecule is CCc1ccc2c(c1)OC(=O)C(=S)C2C. The average molecular weight is 220 g/mol. The molecule has 1 heterocycles. The minimum Gasteiger partial charge on any atom is -0.422 e. The Balaban J connectivity index is 2.50. The molecule has 1 aliphatic heterocycles. The molecule has 0 bridgehead atoms. The molecule has 0 amide bonds. The lowest BCUT2D eigenvalue weighted by molar-refractivity contribution is -0.127. The Morgan fingerprint density at radius 3 is 2.87 bits per heavy atom. The predicted molar refractivity (Wildman–Crippen MR) is 62.5 cm³/mol. The zero-order chi connectivity index (χ0) is 11.0. The molecule has 0 fully saturated rings. The van der Waals surface area contributed by atoms with Crippen LogP contribution in [0, 0.1) is 0 Å². The fraction of sp³-hybridized carbons (Fsp3) is 0.333. The Hall–Kier alpha value is -1.22. The molecule has 0 aromatic heterocycles. The number of carbonyl (C=O) groups is 1. The maximum Gasteiger partial charge on any atom is 0.351 e. The van der Waals surface area contributed by atoms with Crippen molar-refractivity contribution in [3.05, 3.63) is 29.3 Å². The summed E-state index contributed by atoms with van der Waals surface area (Å²) in [5, 5.41) is 0. The van der Waals surface area contributed by atoms with Crippen molar-refractivity contribution in [3.8, 4) is 5.75 Å². The molecule has 1 aliphatic rings. The first-order chi connectivity index (χ1) is 7.13. The molecule has 0 N–H and O–H groups in total. The Morgan fingerprint density at radius 2 is 2.20 bits per heavy atom. The number of ether oxygens (including phenoxy) is 1. The quantitative estimate of drug-likeness (QED) is 0.413. The second-order valence-corrected chi connectivity index (χ2v) is 4.14. The van der Waals surface area contributed by atoms with E-state index in [1.54, 1.807) is 0 Å². The maximum atomic E-state index is 11.4. The van der Waals surface area contributed by atoms with Crippen LogP contribution in [0.1, 0.15) is 30.9 Å². The fourth-order valence-corrected chi connectivity index (χ4v) is 1.88. The Kier molecular flexibility index (Phi) is 2.57. The Morgan fingerprint density at radius 1 is 1.47 bits per heavy atom. The molecule has 78 valence electrons. The van der Waals surface area contributed by atoms with Gasteiger partial charge in [0.05, 0.1) is 0 Å². The third-order valence-electron chi connectivity index (χ3n) is 2.75. The number of rotatable bonds is 1. The monoisotopic (exact) mass is 220 g/mol. The average Bonchev–Trinajstić information content (AvgIpc) is 2.25. The van der Waals surface area contributed by atoms with E-state index in [1.165, 1.54) is 5.56 Å². The topological polar surface area (TPSA) is 26.3 Å². The predicted octanol–water partition coefficient (Wildman–Crippen LogP) is 2.64. The van der Waals surface area contributed by atoms with Crippen molar-refractivity contribution in [2.45, 2.75) is 26.2 Å². The minimum atomic E-state index is -0.377. The molecule has 2 nitrogen and oxygen atoms in total. The highest BCUT2D eigenvalue weighted by atomic mass is 32.1. The van der Waals surface area contributed by atoms with Gasteiger partial charge in [0.15, 0.2) is 0 Å². The van der Waals surface area contributed by atoms with Crippen molar-refractivity contribution in [3.63, 3.8) is 0 Å². The summed E-state index contributed by atoms with van der Waals surface area (Å²) in [5.41, 5.74) is 2.18. The van der Waals surface area contributed by atoms with Crippen LogP contribution in [0.3, 0.4) is 0 Å². The summed E-state index contributed by atoms with van der Waals surface area (Å²) in [6.07, 6.45) is 0.934. The van der Waals surface area contributed by atoms with Crippen molar-refractivity contribution in [1.82, 2.24) is 0 Å². The van der Waals surface area contributed by atoms with Crippen LogP contribution in [0.25, 0.3) is 0 Å². The maximum absolute atomic E-state index is 11.4. The molecule has 3 heteroatoms. The van der Waals surface area contributed by atoms with Crippen LogP contribution >= 0.6 is 12.2 Å². The van der Waals surface area contributed by atoms with Gasteiger partial charge in [0.25, 0.3) is 0 Å². The van der Waals surface area contributed by atoms with E-state index in [0.717, 1.165) is 12.0 Å². The third-order valence-corrected chi connectivity index (χ3v) is 3.27. The molecule has 1 atom stereocenters. The molecule has 1 aromatic carbocycles. The van der Waals surface area contributed by atoms with Crippen molar-refractivity contribution in [1.29, 1.82) is 0 Å². The van der Waals surface area contributed by atoms with Gasteiger partial charge in [-0.25, -0.2) is 4.79 Å². The Bertz CT molecular complexity index is 437. The highest BCUT2D eigenvalue weighted by Gasteiger charge is 2.29. The van der Waals surface area contributed by atoms with Gasteiger partial charge in [-0.2, -0.15) is 0 Å². The number of hydrogen-bond acceptors (Lipinski definition) is 3. The third kappa shape index (κ3) is 1.67. The lowest BCUT2D eigenvalue weighted by atomic mass is 9.93. The molecule has 2 rings (SSSR count).